The van der Waals surface area contributed by atoms with E-state index in [4.69, 9.17) is 5.11 Å². The second-order valence-corrected chi connectivity index (χ2v) is 4.51. The van der Waals surface area contributed by atoms with Gasteiger partial charge in [0, 0.05) is 18.6 Å². The summed E-state index contributed by atoms with van der Waals surface area (Å²) in [7, 11) is 0. The zero-order valence-electron chi connectivity index (χ0n) is 8.41. The van der Waals surface area contributed by atoms with Gasteiger partial charge in [-0.05, 0) is 19.3 Å². The molecule has 2 fully saturated rings. The first-order valence-corrected chi connectivity index (χ1v) is 5.78. The maximum Gasteiger partial charge on any atom is 0.0587 e. The van der Waals surface area contributed by atoms with Crippen molar-refractivity contribution in [3.8, 4) is 0 Å². The molecule has 0 aromatic heterocycles. The lowest BCUT2D eigenvalue weighted by Gasteiger charge is -2.45. The standard InChI is InChI=1S/C11H21NO/c13-9-11-7-8-12(11)10-5-3-1-2-4-6-10/h10-11,13H,1-9H2/t11-/m0/s1. The number of aliphatic hydroxyl groups is 1. The SMILES string of the molecule is OC[C@@H]1CCN1C1CCCCCC1. The van der Waals surface area contributed by atoms with Crippen molar-refractivity contribution in [2.75, 3.05) is 13.2 Å². The molecule has 1 atom stereocenters. The largest absolute Gasteiger partial charge is 0.395 e. The van der Waals surface area contributed by atoms with Crippen LogP contribution in [0.1, 0.15) is 44.9 Å². The van der Waals surface area contributed by atoms with Gasteiger partial charge in [0.2, 0.25) is 0 Å². The number of likely N-dealkylation sites (tertiary alicyclic amines) is 1. The van der Waals surface area contributed by atoms with E-state index in [-0.39, 0.29) is 0 Å². The molecule has 0 aromatic carbocycles. The normalized spacial score (nSPS) is 32.5. The summed E-state index contributed by atoms with van der Waals surface area (Å²) in [6.07, 6.45) is 9.61. The molecule has 0 radical (unpaired) electrons. The highest BCUT2D eigenvalue weighted by molar-refractivity contribution is 4.88. The van der Waals surface area contributed by atoms with Gasteiger partial charge in [0.25, 0.3) is 0 Å². The number of rotatable bonds is 2. The van der Waals surface area contributed by atoms with Crippen LogP contribution in [-0.2, 0) is 0 Å². The van der Waals surface area contributed by atoms with Crippen LogP contribution in [0.4, 0.5) is 0 Å². The Bertz CT molecular complexity index is 150. The van der Waals surface area contributed by atoms with E-state index in [0.29, 0.717) is 12.6 Å². The monoisotopic (exact) mass is 183 g/mol. The minimum Gasteiger partial charge on any atom is -0.395 e. The third-order valence-electron chi connectivity index (χ3n) is 3.69. The Labute approximate surface area is 80.9 Å². The molecule has 2 rings (SSSR count). The van der Waals surface area contributed by atoms with E-state index in [1.54, 1.807) is 0 Å². The van der Waals surface area contributed by atoms with E-state index in [0.717, 1.165) is 6.04 Å². The molecule has 13 heavy (non-hydrogen) atoms. The van der Waals surface area contributed by atoms with Crippen molar-refractivity contribution in [1.29, 1.82) is 0 Å². The Morgan fingerprint density at radius 3 is 2.15 bits per heavy atom. The number of nitrogens with zero attached hydrogens (tertiary/aromatic N) is 1. The summed E-state index contributed by atoms with van der Waals surface area (Å²) in [6.45, 7) is 1.60. The summed E-state index contributed by atoms with van der Waals surface area (Å²) < 4.78 is 0. The van der Waals surface area contributed by atoms with Crippen molar-refractivity contribution in [3.63, 3.8) is 0 Å². The lowest BCUT2D eigenvalue weighted by atomic mass is 9.96. The van der Waals surface area contributed by atoms with E-state index in [1.807, 2.05) is 0 Å². The van der Waals surface area contributed by atoms with Gasteiger partial charge >= 0.3 is 0 Å². The van der Waals surface area contributed by atoms with E-state index in [1.165, 1.54) is 51.5 Å². The Morgan fingerprint density at radius 2 is 1.69 bits per heavy atom. The van der Waals surface area contributed by atoms with Crippen molar-refractivity contribution >= 4 is 0 Å². The van der Waals surface area contributed by atoms with Crippen molar-refractivity contribution in [2.45, 2.75) is 57.0 Å². The molecule has 0 unspecified atom stereocenters. The van der Waals surface area contributed by atoms with Gasteiger partial charge in [-0.25, -0.2) is 0 Å². The zero-order chi connectivity index (χ0) is 9.10. The van der Waals surface area contributed by atoms with E-state index in [9.17, 15) is 0 Å². The second kappa shape index (κ2) is 4.43. The van der Waals surface area contributed by atoms with Crippen LogP contribution in [0.3, 0.4) is 0 Å². The molecule has 1 aliphatic carbocycles. The maximum absolute atomic E-state index is 9.12. The Hall–Kier alpha value is -0.0800. The predicted octanol–water partition coefficient (Wildman–Crippen LogP) is 1.78. The van der Waals surface area contributed by atoms with Crippen LogP contribution >= 0.6 is 0 Å². The first kappa shape index (κ1) is 9.47. The van der Waals surface area contributed by atoms with E-state index in [2.05, 4.69) is 4.90 Å². The second-order valence-electron chi connectivity index (χ2n) is 4.51. The Balaban J connectivity index is 1.84. The lowest BCUT2D eigenvalue weighted by Crippen LogP contribution is -2.54. The van der Waals surface area contributed by atoms with Crippen LogP contribution in [0.2, 0.25) is 0 Å². The Kier molecular flexibility index (Phi) is 3.23. The van der Waals surface area contributed by atoms with Gasteiger partial charge in [-0.1, -0.05) is 25.7 Å². The average Bonchev–Trinajstić information content (AvgIpc) is 2.32. The molecular formula is C11H21NO. The molecule has 0 bridgehead atoms. The zero-order valence-corrected chi connectivity index (χ0v) is 8.41. The van der Waals surface area contributed by atoms with E-state index < -0.39 is 0 Å². The predicted molar refractivity (Wildman–Crippen MR) is 53.7 cm³/mol. The third-order valence-corrected chi connectivity index (χ3v) is 3.69. The van der Waals surface area contributed by atoms with Gasteiger partial charge in [-0.2, -0.15) is 0 Å². The summed E-state index contributed by atoms with van der Waals surface area (Å²) in [6, 6.07) is 1.30. The molecule has 1 saturated heterocycles. The molecule has 1 aliphatic heterocycles. The average molecular weight is 183 g/mol. The summed E-state index contributed by atoms with van der Waals surface area (Å²) in [5.41, 5.74) is 0. The maximum atomic E-state index is 9.12. The van der Waals surface area contributed by atoms with Crippen LogP contribution in [0.5, 0.6) is 0 Å². The molecule has 2 nitrogen and oxygen atoms in total. The highest BCUT2D eigenvalue weighted by Crippen LogP contribution is 2.28. The van der Waals surface area contributed by atoms with E-state index >= 15 is 0 Å². The molecular weight excluding hydrogens is 162 g/mol. The summed E-state index contributed by atoms with van der Waals surface area (Å²) >= 11 is 0. The molecule has 2 aliphatic rings. The van der Waals surface area contributed by atoms with Gasteiger partial charge in [0.1, 0.15) is 0 Å². The van der Waals surface area contributed by atoms with Gasteiger partial charge < -0.3 is 5.11 Å². The van der Waals surface area contributed by atoms with Crippen LogP contribution in [0.25, 0.3) is 0 Å². The molecule has 0 spiro atoms. The molecule has 0 aromatic rings. The van der Waals surface area contributed by atoms with Crippen LogP contribution in [0.15, 0.2) is 0 Å². The van der Waals surface area contributed by atoms with Crippen molar-refractivity contribution in [2.24, 2.45) is 0 Å². The molecule has 0 amide bonds. The Morgan fingerprint density at radius 1 is 1.00 bits per heavy atom. The molecule has 1 heterocycles. The van der Waals surface area contributed by atoms with Crippen LogP contribution in [0, 0.1) is 0 Å². The first-order valence-electron chi connectivity index (χ1n) is 5.78. The fraction of sp³-hybridized carbons (Fsp3) is 1.00. The molecule has 76 valence electrons. The van der Waals surface area contributed by atoms with Crippen LogP contribution < -0.4 is 0 Å². The van der Waals surface area contributed by atoms with Crippen molar-refractivity contribution in [3.05, 3.63) is 0 Å². The fourth-order valence-corrected chi connectivity index (χ4v) is 2.73. The van der Waals surface area contributed by atoms with Crippen LogP contribution in [-0.4, -0.2) is 35.2 Å². The molecule has 1 saturated carbocycles. The van der Waals surface area contributed by atoms with Gasteiger partial charge in [-0.3, -0.25) is 4.90 Å². The smallest absolute Gasteiger partial charge is 0.0587 e. The highest BCUT2D eigenvalue weighted by Gasteiger charge is 2.32. The summed E-state index contributed by atoms with van der Waals surface area (Å²) in [5, 5.41) is 9.12. The van der Waals surface area contributed by atoms with Gasteiger partial charge in [0.05, 0.1) is 6.61 Å². The topological polar surface area (TPSA) is 23.5 Å². The highest BCUT2D eigenvalue weighted by atomic mass is 16.3. The van der Waals surface area contributed by atoms with Gasteiger partial charge in [-0.15, -0.1) is 0 Å². The quantitative estimate of drug-likeness (QED) is 0.660. The number of aliphatic hydroxyl groups excluding tert-OH is 1. The minimum absolute atomic E-state index is 0.372. The minimum atomic E-state index is 0.372. The number of hydrogen-bond donors (Lipinski definition) is 1. The van der Waals surface area contributed by atoms with Crippen molar-refractivity contribution in [1.82, 2.24) is 4.90 Å². The molecule has 2 heteroatoms. The summed E-state index contributed by atoms with van der Waals surface area (Å²) in [4.78, 5) is 2.53. The van der Waals surface area contributed by atoms with Crippen molar-refractivity contribution < 1.29 is 5.11 Å². The first-order chi connectivity index (χ1) is 6.42. The fourth-order valence-electron chi connectivity index (χ4n) is 2.73. The summed E-state index contributed by atoms with van der Waals surface area (Å²) in [5.74, 6) is 0. The third kappa shape index (κ3) is 2.05. The number of hydrogen-bond acceptors (Lipinski definition) is 2. The lowest BCUT2D eigenvalue weighted by molar-refractivity contribution is 0.000240. The molecule has 1 N–H and O–H groups in total. The van der Waals surface area contributed by atoms with Gasteiger partial charge in [0.15, 0.2) is 0 Å².